The summed E-state index contributed by atoms with van der Waals surface area (Å²) in [7, 11) is 0. The van der Waals surface area contributed by atoms with Gasteiger partial charge in [0.15, 0.2) is 0 Å². The smallest absolute Gasteiger partial charge is 0.0708 e. The van der Waals surface area contributed by atoms with Gasteiger partial charge >= 0.3 is 0 Å². The molecule has 0 aliphatic carbocycles. The van der Waals surface area contributed by atoms with Crippen molar-refractivity contribution in [1.29, 1.82) is 0 Å². The van der Waals surface area contributed by atoms with Crippen molar-refractivity contribution in [2.75, 3.05) is 0 Å². The number of hydrogen-bond acceptors (Lipinski definition) is 3. The van der Waals surface area contributed by atoms with Crippen LogP contribution >= 0.6 is 0 Å². The van der Waals surface area contributed by atoms with Crippen molar-refractivity contribution in [2.24, 2.45) is 0 Å². The molecule has 10 rings (SSSR count). The molecule has 3 heterocycles. The van der Waals surface area contributed by atoms with E-state index in [1.807, 2.05) is 24.5 Å². The maximum absolute atomic E-state index is 5.23. The van der Waals surface area contributed by atoms with Gasteiger partial charge in [-0.3, -0.25) is 15.0 Å². The number of hydrogen-bond donors (Lipinski definition) is 0. The fourth-order valence-electron chi connectivity index (χ4n) is 9.14. The SMILES string of the molecule is CC(C)(C)c1cccc(-c2cc(-c3ccc(-c4ccccc4)cc3)c(-c3ccccc3-c3cc(CCc4ccc(-c5ccccc5)nc4)cc(CCc4ccc(-c5ccccc5)nc4)c3)cn2)c1. The summed E-state index contributed by atoms with van der Waals surface area (Å²) < 4.78 is 0. The zero-order valence-corrected chi connectivity index (χ0v) is 39.1. The van der Waals surface area contributed by atoms with Gasteiger partial charge in [-0.2, -0.15) is 0 Å². The molecule has 0 N–H and O–H groups in total. The van der Waals surface area contributed by atoms with E-state index in [2.05, 4.69) is 227 Å². The van der Waals surface area contributed by atoms with E-state index in [1.165, 1.54) is 50.1 Å². The number of pyridine rings is 3. The molecule has 0 aliphatic rings. The first-order valence-electron chi connectivity index (χ1n) is 23.8. The first-order chi connectivity index (χ1) is 33.3. The van der Waals surface area contributed by atoms with Crippen LogP contribution in [0.3, 0.4) is 0 Å². The van der Waals surface area contributed by atoms with Gasteiger partial charge in [0, 0.05) is 40.8 Å². The molecule has 0 unspecified atom stereocenters. The summed E-state index contributed by atoms with van der Waals surface area (Å²) in [6.45, 7) is 6.79. The van der Waals surface area contributed by atoms with Gasteiger partial charge in [-0.1, -0.05) is 209 Å². The third kappa shape index (κ3) is 10.2. The third-order valence-corrected chi connectivity index (χ3v) is 13.0. The highest BCUT2D eigenvalue weighted by atomic mass is 14.7. The molecule has 0 fully saturated rings. The fourth-order valence-corrected chi connectivity index (χ4v) is 9.14. The van der Waals surface area contributed by atoms with Gasteiger partial charge in [-0.15, -0.1) is 0 Å². The molecule has 0 saturated carbocycles. The Kier molecular flexibility index (Phi) is 12.8. The predicted octanol–water partition coefficient (Wildman–Crippen LogP) is 16.4. The standard InChI is InChI=1S/C65H55N3/c1-65(2,3)57-23-15-22-55(41-57)64-42-60(52-34-32-51(33-35-52)50-16-7-4-8-17-50)61(45-68-64)59-25-14-13-24-58(59)56-39-48(28-26-46-30-36-62(66-43-46)53-18-9-5-10-19-53)38-49(40-56)29-27-47-31-37-63(67-44-47)54-20-11-6-12-21-54/h4-25,30-45H,26-29H2,1-3H3. The van der Waals surface area contributed by atoms with Gasteiger partial charge in [0.25, 0.3) is 0 Å². The number of rotatable bonds is 13. The average molecular weight is 878 g/mol. The van der Waals surface area contributed by atoms with Crippen LogP contribution in [0.4, 0.5) is 0 Å². The summed E-state index contributed by atoms with van der Waals surface area (Å²) >= 11 is 0. The Balaban J connectivity index is 1.03. The van der Waals surface area contributed by atoms with Crippen LogP contribution < -0.4 is 0 Å². The van der Waals surface area contributed by atoms with Crippen molar-refractivity contribution >= 4 is 0 Å². The van der Waals surface area contributed by atoms with Crippen molar-refractivity contribution in [2.45, 2.75) is 51.9 Å². The van der Waals surface area contributed by atoms with Crippen LogP contribution in [-0.4, -0.2) is 15.0 Å². The van der Waals surface area contributed by atoms with Crippen molar-refractivity contribution < 1.29 is 0 Å². The van der Waals surface area contributed by atoms with Crippen molar-refractivity contribution in [3.63, 3.8) is 0 Å². The van der Waals surface area contributed by atoms with Crippen molar-refractivity contribution in [3.8, 4) is 78.3 Å². The lowest BCUT2D eigenvalue weighted by Crippen LogP contribution is -2.10. The third-order valence-electron chi connectivity index (χ3n) is 13.0. The second-order valence-corrected chi connectivity index (χ2v) is 18.8. The molecular formula is C65H55N3. The van der Waals surface area contributed by atoms with E-state index in [1.54, 1.807) is 0 Å². The van der Waals surface area contributed by atoms with Gasteiger partial charge in [-0.25, -0.2) is 0 Å². The van der Waals surface area contributed by atoms with E-state index in [4.69, 9.17) is 15.0 Å². The lowest BCUT2D eigenvalue weighted by molar-refractivity contribution is 0.590. The molecule has 0 radical (unpaired) electrons. The summed E-state index contributed by atoms with van der Waals surface area (Å²) in [5.41, 5.74) is 22.0. The Bertz CT molecular complexity index is 3160. The quantitative estimate of drug-likeness (QED) is 0.116. The largest absolute Gasteiger partial charge is 0.256 e. The first-order valence-corrected chi connectivity index (χ1v) is 23.8. The molecule has 3 heteroatoms. The molecule has 7 aromatic carbocycles. The minimum Gasteiger partial charge on any atom is -0.256 e. The maximum Gasteiger partial charge on any atom is 0.0708 e. The second-order valence-electron chi connectivity index (χ2n) is 18.8. The Morgan fingerprint density at radius 1 is 0.279 bits per heavy atom. The van der Waals surface area contributed by atoms with Crippen LogP contribution in [0.15, 0.2) is 231 Å². The van der Waals surface area contributed by atoms with Gasteiger partial charge in [0.2, 0.25) is 0 Å². The van der Waals surface area contributed by atoms with E-state index in [0.29, 0.717) is 0 Å². The molecule has 10 aromatic rings. The van der Waals surface area contributed by atoms with E-state index >= 15 is 0 Å². The Morgan fingerprint density at radius 2 is 0.750 bits per heavy atom. The molecule has 0 saturated heterocycles. The molecule has 0 bridgehead atoms. The van der Waals surface area contributed by atoms with Crippen LogP contribution in [0.25, 0.3) is 78.3 Å². The minimum absolute atomic E-state index is 0.0200. The summed E-state index contributed by atoms with van der Waals surface area (Å²) in [6, 6.07) is 76.4. The second kappa shape index (κ2) is 19.8. The van der Waals surface area contributed by atoms with E-state index in [0.717, 1.165) is 81.7 Å². The van der Waals surface area contributed by atoms with E-state index in [9.17, 15) is 0 Å². The number of benzene rings is 7. The van der Waals surface area contributed by atoms with Crippen LogP contribution in [0.2, 0.25) is 0 Å². The lowest BCUT2D eigenvalue weighted by atomic mass is 9.85. The van der Waals surface area contributed by atoms with E-state index in [-0.39, 0.29) is 5.41 Å². The number of nitrogens with zero attached hydrogens (tertiary/aromatic N) is 3. The molecular weight excluding hydrogens is 823 g/mol. The molecule has 0 spiro atoms. The normalized spacial score (nSPS) is 11.4. The Labute approximate surface area is 402 Å². The summed E-state index contributed by atoms with van der Waals surface area (Å²) in [5.74, 6) is 0. The molecule has 68 heavy (non-hydrogen) atoms. The first kappa shape index (κ1) is 43.9. The zero-order valence-electron chi connectivity index (χ0n) is 39.1. The van der Waals surface area contributed by atoms with Gasteiger partial charge < -0.3 is 0 Å². The highest BCUT2D eigenvalue weighted by Gasteiger charge is 2.19. The average Bonchev–Trinajstić information content (AvgIpc) is 3.40. The summed E-state index contributed by atoms with van der Waals surface area (Å²) in [5, 5.41) is 0. The highest BCUT2D eigenvalue weighted by Crippen LogP contribution is 2.41. The molecule has 0 atom stereocenters. The van der Waals surface area contributed by atoms with E-state index < -0.39 is 0 Å². The predicted molar refractivity (Wildman–Crippen MR) is 284 cm³/mol. The highest BCUT2D eigenvalue weighted by molar-refractivity contribution is 5.93. The summed E-state index contributed by atoms with van der Waals surface area (Å²) in [6.07, 6.45) is 9.75. The maximum atomic E-state index is 5.23. The monoisotopic (exact) mass is 877 g/mol. The van der Waals surface area contributed by atoms with Gasteiger partial charge in [-0.05, 0) is 122 Å². The molecule has 0 amide bonds. The molecule has 330 valence electrons. The topological polar surface area (TPSA) is 38.7 Å². The van der Waals surface area contributed by atoms with Crippen molar-refractivity contribution in [1.82, 2.24) is 15.0 Å². The Morgan fingerprint density at radius 3 is 1.29 bits per heavy atom. The summed E-state index contributed by atoms with van der Waals surface area (Å²) in [4.78, 5) is 15.0. The minimum atomic E-state index is 0.0200. The molecule has 0 aliphatic heterocycles. The van der Waals surface area contributed by atoms with Gasteiger partial charge in [0.05, 0.1) is 17.1 Å². The zero-order chi connectivity index (χ0) is 46.3. The van der Waals surface area contributed by atoms with Crippen LogP contribution in [0.1, 0.15) is 48.6 Å². The number of aryl methyl sites for hydroxylation is 4. The van der Waals surface area contributed by atoms with Crippen LogP contribution in [0, 0.1) is 0 Å². The van der Waals surface area contributed by atoms with Crippen molar-refractivity contribution in [3.05, 3.63) is 259 Å². The molecule has 3 aromatic heterocycles. The number of aromatic nitrogens is 3. The lowest BCUT2D eigenvalue weighted by Gasteiger charge is -2.20. The fraction of sp³-hybridized carbons (Fsp3) is 0.123. The van der Waals surface area contributed by atoms with Gasteiger partial charge in [0.1, 0.15) is 0 Å². The van der Waals surface area contributed by atoms with Crippen LogP contribution in [0.5, 0.6) is 0 Å². The van der Waals surface area contributed by atoms with Crippen LogP contribution in [-0.2, 0) is 31.1 Å². The Hall–Kier alpha value is -8.01. The molecule has 3 nitrogen and oxygen atoms in total.